The molecule has 0 saturated carbocycles. The number of nitrogens with one attached hydrogen (secondary N) is 1. The molecule has 1 rings (SSSR count). The number of hydrogen-bond donors (Lipinski definition) is 1. The second kappa shape index (κ2) is 8.13. The fourth-order valence-corrected chi connectivity index (χ4v) is 2.10. The molecule has 1 aromatic carbocycles. The van der Waals surface area contributed by atoms with Crippen molar-refractivity contribution in [1.29, 1.82) is 0 Å². The van der Waals surface area contributed by atoms with E-state index < -0.39 is 29.5 Å². The predicted molar refractivity (Wildman–Crippen MR) is 89.4 cm³/mol. The third-order valence-electron chi connectivity index (χ3n) is 3.35. The standard InChI is InChI=1S/C18H26FNO4/c1-7-23-16(21)15(20-17(22)24-18(4,5)6)10-13-8-11(2)12(3)9-14(13)19/h8-9,15H,7,10H2,1-6H3,(H,20,22). The second-order valence-electron chi connectivity index (χ2n) is 6.68. The number of aryl methyl sites for hydroxylation is 2. The molecule has 1 amide bonds. The van der Waals surface area contributed by atoms with Gasteiger partial charge in [0.15, 0.2) is 0 Å². The molecular formula is C18H26FNO4. The monoisotopic (exact) mass is 339 g/mol. The Labute approximate surface area is 142 Å². The molecule has 0 bridgehead atoms. The molecule has 5 nitrogen and oxygen atoms in total. The molecule has 0 saturated heterocycles. The fraction of sp³-hybridized carbons (Fsp3) is 0.556. The van der Waals surface area contributed by atoms with Crippen LogP contribution in [0, 0.1) is 19.7 Å². The van der Waals surface area contributed by atoms with Gasteiger partial charge in [-0.25, -0.2) is 14.0 Å². The van der Waals surface area contributed by atoms with Gasteiger partial charge in [0.25, 0.3) is 0 Å². The summed E-state index contributed by atoms with van der Waals surface area (Å²) in [5.41, 5.74) is 1.37. The second-order valence-corrected chi connectivity index (χ2v) is 6.68. The highest BCUT2D eigenvalue weighted by atomic mass is 19.1. The van der Waals surface area contributed by atoms with Gasteiger partial charge in [0, 0.05) is 6.42 Å². The van der Waals surface area contributed by atoms with Crippen molar-refractivity contribution in [3.05, 3.63) is 34.6 Å². The zero-order chi connectivity index (χ0) is 18.5. The minimum absolute atomic E-state index is 0.00890. The Morgan fingerprint density at radius 2 is 1.79 bits per heavy atom. The van der Waals surface area contributed by atoms with Gasteiger partial charge in [-0.1, -0.05) is 6.07 Å². The highest BCUT2D eigenvalue weighted by molar-refractivity contribution is 5.81. The fourth-order valence-electron chi connectivity index (χ4n) is 2.10. The summed E-state index contributed by atoms with van der Waals surface area (Å²) in [6, 6.07) is 2.07. The number of amides is 1. The molecule has 0 heterocycles. The normalized spacial score (nSPS) is 12.5. The van der Waals surface area contributed by atoms with Crippen LogP contribution in [0.3, 0.4) is 0 Å². The van der Waals surface area contributed by atoms with Crippen molar-refractivity contribution < 1.29 is 23.5 Å². The maximum Gasteiger partial charge on any atom is 0.408 e. The van der Waals surface area contributed by atoms with E-state index in [0.29, 0.717) is 5.56 Å². The lowest BCUT2D eigenvalue weighted by molar-refractivity contribution is -0.145. The van der Waals surface area contributed by atoms with Gasteiger partial charge >= 0.3 is 12.1 Å². The Bertz CT molecular complexity index is 608. The van der Waals surface area contributed by atoms with Gasteiger partial charge in [0.1, 0.15) is 17.5 Å². The van der Waals surface area contributed by atoms with Crippen LogP contribution in [0.15, 0.2) is 12.1 Å². The zero-order valence-corrected chi connectivity index (χ0v) is 15.2. The molecule has 0 aromatic heterocycles. The summed E-state index contributed by atoms with van der Waals surface area (Å²) in [6.45, 7) is 10.7. The Kier molecular flexibility index (Phi) is 6.75. The lowest BCUT2D eigenvalue weighted by Crippen LogP contribution is -2.45. The van der Waals surface area contributed by atoms with Gasteiger partial charge in [0.05, 0.1) is 6.61 Å². The van der Waals surface area contributed by atoms with E-state index in [0.717, 1.165) is 11.1 Å². The molecule has 134 valence electrons. The van der Waals surface area contributed by atoms with Crippen LogP contribution in [-0.4, -0.2) is 30.3 Å². The summed E-state index contributed by atoms with van der Waals surface area (Å²) in [5.74, 6) is -1.04. The van der Waals surface area contributed by atoms with Crippen LogP contribution < -0.4 is 5.32 Å². The van der Waals surface area contributed by atoms with Crippen molar-refractivity contribution in [2.45, 2.75) is 59.6 Å². The average Bonchev–Trinajstić information content (AvgIpc) is 2.42. The van der Waals surface area contributed by atoms with Crippen LogP contribution in [0.4, 0.5) is 9.18 Å². The summed E-state index contributed by atoms with van der Waals surface area (Å²) >= 11 is 0. The lowest BCUT2D eigenvalue weighted by Gasteiger charge is -2.23. The van der Waals surface area contributed by atoms with Crippen LogP contribution >= 0.6 is 0 Å². The number of halogens is 1. The maximum atomic E-state index is 14.2. The van der Waals surface area contributed by atoms with Crippen molar-refractivity contribution in [3.63, 3.8) is 0 Å². The largest absolute Gasteiger partial charge is 0.464 e. The average molecular weight is 339 g/mol. The Hall–Kier alpha value is -2.11. The van der Waals surface area contributed by atoms with Crippen molar-refractivity contribution >= 4 is 12.1 Å². The van der Waals surface area contributed by atoms with E-state index in [1.165, 1.54) is 6.07 Å². The molecular weight excluding hydrogens is 313 g/mol. The third-order valence-corrected chi connectivity index (χ3v) is 3.35. The van der Waals surface area contributed by atoms with Crippen LogP contribution in [0.1, 0.15) is 44.4 Å². The molecule has 0 radical (unpaired) electrons. The Morgan fingerprint density at radius 1 is 1.21 bits per heavy atom. The van der Waals surface area contributed by atoms with E-state index >= 15 is 0 Å². The van der Waals surface area contributed by atoms with Crippen LogP contribution in [0.25, 0.3) is 0 Å². The van der Waals surface area contributed by atoms with Gasteiger partial charge in [-0.05, 0) is 64.3 Å². The van der Waals surface area contributed by atoms with Crippen molar-refractivity contribution in [2.24, 2.45) is 0 Å². The molecule has 6 heteroatoms. The van der Waals surface area contributed by atoms with Crippen LogP contribution in [-0.2, 0) is 20.7 Å². The summed E-state index contributed by atoms with van der Waals surface area (Å²) < 4.78 is 24.3. The number of hydrogen-bond acceptors (Lipinski definition) is 4. The van der Waals surface area contributed by atoms with E-state index in [4.69, 9.17) is 9.47 Å². The van der Waals surface area contributed by atoms with Crippen LogP contribution in [0.5, 0.6) is 0 Å². The Balaban J connectivity index is 2.96. The zero-order valence-electron chi connectivity index (χ0n) is 15.2. The first kappa shape index (κ1) is 19.9. The molecule has 1 aromatic rings. The number of carbonyl (C=O) groups is 2. The number of esters is 1. The van der Waals surface area contributed by atoms with Crippen molar-refractivity contribution in [3.8, 4) is 0 Å². The molecule has 0 spiro atoms. The van der Waals surface area contributed by atoms with Crippen molar-refractivity contribution in [2.75, 3.05) is 6.61 Å². The van der Waals surface area contributed by atoms with Gasteiger partial charge in [-0.3, -0.25) is 0 Å². The molecule has 1 unspecified atom stereocenters. The van der Waals surface area contributed by atoms with E-state index in [2.05, 4.69) is 5.32 Å². The van der Waals surface area contributed by atoms with E-state index in [1.807, 2.05) is 13.8 Å². The third kappa shape index (κ3) is 6.18. The Morgan fingerprint density at radius 3 is 2.33 bits per heavy atom. The van der Waals surface area contributed by atoms with Gasteiger partial charge in [-0.15, -0.1) is 0 Å². The molecule has 0 aliphatic heterocycles. The first-order valence-electron chi connectivity index (χ1n) is 7.95. The molecule has 1 N–H and O–H groups in total. The highest BCUT2D eigenvalue weighted by Gasteiger charge is 2.26. The van der Waals surface area contributed by atoms with Gasteiger partial charge in [-0.2, -0.15) is 0 Å². The summed E-state index contributed by atoms with van der Waals surface area (Å²) in [4.78, 5) is 24.0. The van der Waals surface area contributed by atoms with E-state index in [9.17, 15) is 14.0 Å². The topological polar surface area (TPSA) is 64.6 Å². The quantitative estimate of drug-likeness (QED) is 0.835. The minimum Gasteiger partial charge on any atom is -0.464 e. The van der Waals surface area contributed by atoms with Crippen LogP contribution in [0.2, 0.25) is 0 Å². The SMILES string of the molecule is CCOC(=O)C(Cc1cc(C)c(C)cc1F)NC(=O)OC(C)(C)C. The number of rotatable bonds is 5. The number of carbonyl (C=O) groups excluding carboxylic acids is 2. The van der Waals surface area contributed by atoms with E-state index in [-0.39, 0.29) is 13.0 Å². The smallest absolute Gasteiger partial charge is 0.408 e. The first-order valence-corrected chi connectivity index (χ1v) is 7.95. The number of benzene rings is 1. The number of ether oxygens (including phenoxy) is 2. The van der Waals surface area contributed by atoms with Gasteiger partial charge < -0.3 is 14.8 Å². The molecule has 0 fully saturated rings. The van der Waals surface area contributed by atoms with E-state index in [1.54, 1.807) is 33.8 Å². The van der Waals surface area contributed by atoms with Gasteiger partial charge in [0.2, 0.25) is 0 Å². The molecule has 24 heavy (non-hydrogen) atoms. The number of alkyl carbamates (subject to hydrolysis) is 1. The highest BCUT2D eigenvalue weighted by Crippen LogP contribution is 2.17. The molecule has 0 aliphatic rings. The maximum absolute atomic E-state index is 14.2. The van der Waals surface area contributed by atoms with Crippen molar-refractivity contribution in [1.82, 2.24) is 5.32 Å². The molecule has 0 aliphatic carbocycles. The predicted octanol–water partition coefficient (Wildman–Crippen LogP) is 3.44. The molecule has 1 atom stereocenters. The lowest BCUT2D eigenvalue weighted by atomic mass is 10.00. The summed E-state index contributed by atoms with van der Waals surface area (Å²) in [7, 11) is 0. The summed E-state index contributed by atoms with van der Waals surface area (Å²) in [6.07, 6.45) is -0.754. The first-order chi connectivity index (χ1) is 11.0. The minimum atomic E-state index is -1.02. The summed E-state index contributed by atoms with van der Waals surface area (Å²) in [5, 5.41) is 2.47.